The zero-order chi connectivity index (χ0) is 23.4. The largest absolute Gasteiger partial charge is 0.484 e. The molecule has 0 fully saturated rings. The first-order valence-corrected chi connectivity index (χ1v) is 11.8. The van der Waals surface area contributed by atoms with Crippen LogP contribution in [0.2, 0.25) is 5.02 Å². The van der Waals surface area contributed by atoms with Gasteiger partial charge in [0.15, 0.2) is 16.4 Å². The number of rotatable bonds is 9. The third-order valence-corrected chi connectivity index (χ3v) is 7.39. The minimum atomic E-state index is -3.74. The summed E-state index contributed by atoms with van der Waals surface area (Å²) in [5.74, 6) is 0.289. The highest BCUT2D eigenvalue weighted by Crippen LogP contribution is 2.25. The van der Waals surface area contributed by atoms with E-state index in [1.54, 1.807) is 42.5 Å². The Morgan fingerprint density at radius 3 is 2.59 bits per heavy atom. The van der Waals surface area contributed by atoms with E-state index in [2.05, 4.69) is 10.1 Å². The maximum Gasteiger partial charge on any atom is 0.264 e. The number of aromatic nitrogens is 2. The van der Waals surface area contributed by atoms with Crippen molar-refractivity contribution in [2.45, 2.75) is 31.1 Å². The van der Waals surface area contributed by atoms with Crippen LogP contribution in [0, 0.1) is 0 Å². The second-order valence-corrected chi connectivity index (χ2v) is 10.3. The number of carbonyl (C=O) groups excluding carboxylic acids is 1. The van der Waals surface area contributed by atoms with Crippen LogP contribution in [0.15, 0.2) is 53.1 Å². The lowest BCUT2D eigenvalue weighted by Crippen LogP contribution is -2.49. The number of amides is 1. The van der Waals surface area contributed by atoms with Crippen LogP contribution >= 0.6 is 11.6 Å². The fraction of sp³-hybridized carbons (Fsp3) is 0.286. The first-order valence-electron chi connectivity index (χ1n) is 9.57. The van der Waals surface area contributed by atoms with Crippen molar-refractivity contribution in [1.82, 2.24) is 15.6 Å². The van der Waals surface area contributed by atoms with Crippen molar-refractivity contribution in [3.05, 3.63) is 65.0 Å². The van der Waals surface area contributed by atoms with E-state index in [0.717, 1.165) is 17.4 Å². The minimum Gasteiger partial charge on any atom is -0.484 e. The summed E-state index contributed by atoms with van der Waals surface area (Å²) >= 11 is 5.98. The van der Waals surface area contributed by atoms with Gasteiger partial charge in [-0.2, -0.15) is 4.98 Å². The molecule has 1 heterocycles. The Labute approximate surface area is 190 Å². The van der Waals surface area contributed by atoms with E-state index in [1.807, 2.05) is 6.07 Å². The van der Waals surface area contributed by atoms with Gasteiger partial charge in [-0.15, -0.1) is 0 Å². The summed E-state index contributed by atoms with van der Waals surface area (Å²) in [6.07, 6.45) is 1.28. The molecule has 9 nitrogen and oxygen atoms in total. The third kappa shape index (κ3) is 5.45. The molecular formula is C21H22ClN3O6S. The van der Waals surface area contributed by atoms with E-state index in [4.69, 9.17) is 26.1 Å². The average Bonchev–Trinajstić information content (AvgIpc) is 3.24. The van der Waals surface area contributed by atoms with E-state index in [-0.39, 0.29) is 13.0 Å². The first kappa shape index (κ1) is 23.7. The molecule has 2 N–H and O–H groups in total. The molecule has 0 spiro atoms. The second kappa shape index (κ2) is 9.68. The van der Waals surface area contributed by atoms with Crippen molar-refractivity contribution < 1.29 is 27.7 Å². The Morgan fingerprint density at radius 2 is 1.97 bits per heavy atom. The number of nitrogens with one attached hydrogen (secondary N) is 1. The van der Waals surface area contributed by atoms with E-state index in [0.29, 0.717) is 28.9 Å². The van der Waals surface area contributed by atoms with Crippen LogP contribution in [-0.4, -0.2) is 40.7 Å². The van der Waals surface area contributed by atoms with Crippen LogP contribution in [0.25, 0.3) is 11.4 Å². The Kier molecular flexibility index (Phi) is 7.17. The predicted molar refractivity (Wildman–Crippen MR) is 117 cm³/mol. The highest BCUT2D eigenvalue weighted by molar-refractivity contribution is 7.92. The van der Waals surface area contributed by atoms with Gasteiger partial charge >= 0.3 is 0 Å². The highest BCUT2D eigenvalue weighted by Gasteiger charge is 2.43. The van der Waals surface area contributed by atoms with Gasteiger partial charge in [-0.3, -0.25) is 10.0 Å². The Balaban J connectivity index is 1.59. The Bertz CT molecular complexity index is 1200. The molecule has 32 heavy (non-hydrogen) atoms. The third-order valence-electron chi connectivity index (χ3n) is 5.13. The van der Waals surface area contributed by atoms with Crippen LogP contribution in [0.5, 0.6) is 5.75 Å². The standard InChI is InChI=1S/C21H22ClN3O6S/c1-21(20(26)24-27,32(2,28)29)11-10-14-6-8-17(9-7-14)30-13-18-23-19(25-31-18)15-4-3-5-16(22)12-15/h3-9,12,27H,10-11,13H2,1-2H3,(H,24,26). The Morgan fingerprint density at radius 1 is 1.25 bits per heavy atom. The van der Waals surface area contributed by atoms with Gasteiger partial charge in [-0.1, -0.05) is 41.0 Å². The first-order chi connectivity index (χ1) is 15.1. The molecule has 170 valence electrons. The highest BCUT2D eigenvalue weighted by atomic mass is 35.5. The van der Waals surface area contributed by atoms with Crippen LogP contribution in [0.4, 0.5) is 0 Å². The minimum absolute atomic E-state index is 0.00664. The maximum atomic E-state index is 12.0. The number of aryl methyl sites for hydroxylation is 1. The molecule has 2 aromatic carbocycles. The Hall–Kier alpha value is -2.95. The summed E-state index contributed by atoms with van der Waals surface area (Å²) in [4.78, 5) is 16.2. The zero-order valence-corrected chi connectivity index (χ0v) is 19.0. The number of benzene rings is 2. The monoisotopic (exact) mass is 479 g/mol. The number of carbonyl (C=O) groups is 1. The molecule has 0 saturated carbocycles. The number of nitrogens with zero attached hydrogens (tertiary/aromatic N) is 2. The van der Waals surface area contributed by atoms with Gasteiger partial charge in [0.2, 0.25) is 5.82 Å². The lowest BCUT2D eigenvalue weighted by molar-refractivity contribution is -0.131. The molecule has 0 aliphatic heterocycles. The summed E-state index contributed by atoms with van der Waals surface area (Å²) in [6.45, 7) is 1.35. The fourth-order valence-corrected chi connectivity index (χ4v) is 3.97. The zero-order valence-electron chi connectivity index (χ0n) is 17.4. The van der Waals surface area contributed by atoms with Gasteiger partial charge in [0, 0.05) is 16.8 Å². The second-order valence-electron chi connectivity index (χ2n) is 7.40. The van der Waals surface area contributed by atoms with Gasteiger partial charge in [0.25, 0.3) is 11.8 Å². The molecule has 11 heteroatoms. The number of hydrogen-bond acceptors (Lipinski definition) is 8. The van der Waals surface area contributed by atoms with E-state index < -0.39 is 20.5 Å². The number of ether oxygens (including phenoxy) is 1. The molecule has 0 bridgehead atoms. The lowest BCUT2D eigenvalue weighted by atomic mass is 9.99. The molecule has 3 aromatic rings. The van der Waals surface area contributed by atoms with Crippen molar-refractivity contribution in [3.63, 3.8) is 0 Å². The summed E-state index contributed by atoms with van der Waals surface area (Å²) in [6, 6.07) is 14.1. The molecule has 0 aliphatic rings. The van der Waals surface area contributed by atoms with Gasteiger partial charge in [-0.05, 0) is 49.6 Å². The number of hydroxylamine groups is 1. The normalized spacial score (nSPS) is 13.4. The van der Waals surface area contributed by atoms with E-state index in [9.17, 15) is 13.2 Å². The predicted octanol–water partition coefficient (Wildman–Crippen LogP) is 3.21. The molecule has 3 rings (SSSR count). The number of halogens is 1. The summed E-state index contributed by atoms with van der Waals surface area (Å²) in [5, 5.41) is 13.4. The lowest BCUT2D eigenvalue weighted by Gasteiger charge is -2.25. The van der Waals surface area contributed by atoms with Crippen molar-refractivity contribution >= 4 is 27.3 Å². The van der Waals surface area contributed by atoms with E-state index >= 15 is 0 Å². The van der Waals surface area contributed by atoms with Gasteiger partial charge in [-0.25, -0.2) is 13.9 Å². The molecule has 1 unspecified atom stereocenters. The molecular weight excluding hydrogens is 458 g/mol. The van der Waals surface area contributed by atoms with Gasteiger partial charge in [0.1, 0.15) is 10.5 Å². The summed E-state index contributed by atoms with van der Waals surface area (Å²) in [7, 11) is -3.74. The van der Waals surface area contributed by atoms with Crippen LogP contribution < -0.4 is 10.2 Å². The molecule has 1 aromatic heterocycles. The number of hydrogen-bond donors (Lipinski definition) is 2. The van der Waals surface area contributed by atoms with Crippen molar-refractivity contribution in [2.75, 3.05) is 6.26 Å². The van der Waals surface area contributed by atoms with Crippen LogP contribution in [-0.2, 0) is 27.7 Å². The average molecular weight is 480 g/mol. The quantitative estimate of drug-likeness (QED) is 0.353. The molecule has 0 saturated heterocycles. The maximum absolute atomic E-state index is 12.0. The molecule has 1 atom stereocenters. The summed E-state index contributed by atoms with van der Waals surface area (Å²) in [5.41, 5.74) is 2.97. The van der Waals surface area contributed by atoms with Crippen molar-refractivity contribution in [1.29, 1.82) is 0 Å². The smallest absolute Gasteiger partial charge is 0.264 e. The van der Waals surface area contributed by atoms with Crippen LogP contribution in [0.1, 0.15) is 24.8 Å². The SMILES string of the molecule is CC(CCc1ccc(OCc2nc(-c3cccc(Cl)c3)no2)cc1)(C(=O)NO)S(C)(=O)=O. The number of sulfone groups is 1. The molecule has 0 radical (unpaired) electrons. The molecule has 1 amide bonds. The van der Waals surface area contributed by atoms with Crippen molar-refractivity contribution in [2.24, 2.45) is 0 Å². The topological polar surface area (TPSA) is 132 Å². The fourth-order valence-electron chi connectivity index (χ4n) is 2.92. The summed E-state index contributed by atoms with van der Waals surface area (Å²) < 4.78 is 33.2. The van der Waals surface area contributed by atoms with Gasteiger partial charge in [0.05, 0.1) is 0 Å². The van der Waals surface area contributed by atoms with E-state index in [1.165, 1.54) is 12.4 Å². The van der Waals surface area contributed by atoms with Crippen LogP contribution in [0.3, 0.4) is 0 Å². The van der Waals surface area contributed by atoms with Crippen molar-refractivity contribution in [3.8, 4) is 17.1 Å². The molecule has 0 aliphatic carbocycles. The van der Waals surface area contributed by atoms with Gasteiger partial charge < -0.3 is 9.26 Å².